The third kappa shape index (κ3) is 7.16. The third-order valence-corrected chi connectivity index (χ3v) is 5.12. The Morgan fingerprint density at radius 2 is 1.91 bits per heavy atom. The standard InChI is InChI=1S/C27H32FN3O3/c1-5-14-33-19-24(32)17-30(16-20(2)3)18-26-21(4)29-31(23-11-7-6-8-12-23)27(26)34-25-13-9-10-22(28)15-25/h1,6-13,15,20,24,32H,14,16-19H2,2-4H3/t24-/m0/s1. The summed E-state index contributed by atoms with van der Waals surface area (Å²) in [6.45, 7) is 8.14. The van der Waals surface area contributed by atoms with E-state index in [0.29, 0.717) is 30.6 Å². The number of hydrogen-bond donors (Lipinski definition) is 1. The van der Waals surface area contributed by atoms with Gasteiger partial charge in [0.25, 0.3) is 0 Å². The zero-order chi connectivity index (χ0) is 24.5. The zero-order valence-corrected chi connectivity index (χ0v) is 19.9. The van der Waals surface area contributed by atoms with Gasteiger partial charge in [0.15, 0.2) is 0 Å². The second kappa shape index (κ2) is 12.3. The summed E-state index contributed by atoms with van der Waals surface area (Å²) in [5.74, 6) is 3.30. The van der Waals surface area contributed by atoms with E-state index in [4.69, 9.17) is 21.0 Å². The Bertz CT molecular complexity index is 1090. The van der Waals surface area contributed by atoms with Gasteiger partial charge in [-0.15, -0.1) is 6.42 Å². The van der Waals surface area contributed by atoms with Crippen LogP contribution in [0.25, 0.3) is 5.69 Å². The molecule has 0 spiro atoms. The number of aliphatic hydroxyl groups excluding tert-OH is 1. The van der Waals surface area contributed by atoms with Crippen LogP contribution in [0.2, 0.25) is 0 Å². The van der Waals surface area contributed by atoms with Gasteiger partial charge in [-0.05, 0) is 37.1 Å². The minimum atomic E-state index is -0.691. The average Bonchev–Trinajstić information content (AvgIpc) is 3.09. The maximum absolute atomic E-state index is 13.9. The topological polar surface area (TPSA) is 59.8 Å². The lowest BCUT2D eigenvalue weighted by Gasteiger charge is -2.27. The van der Waals surface area contributed by atoms with Crippen molar-refractivity contribution in [1.29, 1.82) is 0 Å². The van der Waals surface area contributed by atoms with Crippen LogP contribution in [-0.4, -0.2) is 52.2 Å². The molecule has 34 heavy (non-hydrogen) atoms. The summed E-state index contributed by atoms with van der Waals surface area (Å²) in [4.78, 5) is 2.15. The molecule has 7 heteroatoms. The van der Waals surface area contributed by atoms with Gasteiger partial charge in [-0.1, -0.05) is 44.0 Å². The third-order valence-electron chi connectivity index (χ3n) is 5.12. The van der Waals surface area contributed by atoms with Crippen LogP contribution in [0.15, 0.2) is 54.6 Å². The highest BCUT2D eigenvalue weighted by molar-refractivity contribution is 5.43. The first-order valence-electron chi connectivity index (χ1n) is 11.4. The summed E-state index contributed by atoms with van der Waals surface area (Å²) in [5.41, 5.74) is 2.49. The summed E-state index contributed by atoms with van der Waals surface area (Å²) >= 11 is 0. The molecule has 0 bridgehead atoms. The van der Waals surface area contributed by atoms with Crippen molar-refractivity contribution < 1.29 is 19.0 Å². The molecule has 1 N–H and O–H groups in total. The zero-order valence-electron chi connectivity index (χ0n) is 19.9. The number of aryl methyl sites for hydroxylation is 1. The first-order valence-corrected chi connectivity index (χ1v) is 11.4. The van der Waals surface area contributed by atoms with E-state index in [-0.39, 0.29) is 19.0 Å². The number of aromatic nitrogens is 2. The fourth-order valence-corrected chi connectivity index (χ4v) is 3.76. The normalized spacial score (nSPS) is 12.2. The van der Waals surface area contributed by atoms with Gasteiger partial charge in [-0.2, -0.15) is 5.10 Å². The molecule has 0 unspecified atom stereocenters. The Balaban J connectivity index is 1.94. The molecule has 0 aliphatic carbocycles. The number of hydrogen-bond acceptors (Lipinski definition) is 5. The van der Waals surface area contributed by atoms with E-state index in [1.807, 2.05) is 37.3 Å². The number of ether oxygens (including phenoxy) is 2. The number of benzene rings is 2. The molecule has 6 nitrogen and oxygen atoms in total. The smallest absolute Gasteiger partial charge is 0.227 e. The number of terminal acetylenes is 1. The van der Waals surface area contributed by atoms with Crippen molar-refractivity contribution in [3.8, 4) is 29.7 Å². The van der Waals surface area contributed by atoms with E-state index < -0.39 is 6.10 Å². The van der Waals surface area contributed by atoms with Crippen LogP contribution < -0.4 is 4.74 Å². The minimum Gasteiger partial charge on any atom is -0.438 e. The van der Waals surface area contributed by atoms with Gasteiger partial charge < -0.3 is 14.6 Å². The van der Waals surface area contributed by atoms with Gasteiger partial charge in [0.2, 0.25) is 5.88 Å². The highest BCUT2D eigenvalue weighted by atomic mass is 19.1. The van der Waals surface area contributed by atoms with E-state index in [9.17, 15) is 9.50 Å². The number of halogens is 1. The summed E-state index contributed by atoms with van der Waals surface area (Å²) < 4.78 is 27.1. The molecule has 0 amide bonds. The lowest BCUT2D eigenvalue weighted by molar-refractivity contribution is 0.0236. The van der Waals surface area contributed by atoms with Crippen LogP contribution in [0.5, 0.6) is 11.6 Å². The molecular weight excluding hydrogens is 433 g/mol. The van der Waals surface area contributed by atoms with Gasteiger partial charge in [0.05, 0.1) is 29.7 Å². The molecule has 0 saturated heterocycles. The Labute approximate surface area is 200 Å². The lowest BCUT2D eigenvalue weighted by atomic mass is 10.1. The largest absolute Gasteiger partial charge is 0.438 e. The van der Waals surface area contributed by atoms with E-state index in [1.165, 1.54) is 12.1 Å². The van der Waals surface area contributed by atoms with Gasteiger partial charge in [0, 0.05) is 25.7 Å². The summed E-state index contributed by atoms with van der Waals surface area (Å²) in [6.07, 6.45) is 4.54. The molecule has 0 aliphatic heterocycles. The highest BCUT2D eigenvalue weighted by Gasteiger charge is 2.23. The van der Waals surface area contributed by atoms with Gasteiger partial charge in [0.1, 0.15) is 18.2 Å². The highest BCUT2D eigenvalue weighted by Crippen LogP contribution is 2.32. The number of para-hydroxylation sites is 1. The fourth-order valence-electron chi connectivity index (χ4n) is 3.76. The van der Waals surface area contributed by atoms with Crippen molar-refractivity contribution in [3.63, 3.8) is 0 Å². The second-order valence-electron chi connectivity index (χ2n) is 8.64. The molecular formula is C27H32FN3O3. The number of nitrogens with zero attached hydrogens (tertiary/aromatic N) is 3. The monoisotopic (exact) mass is 465 g/mol. The predicted molar refractivity (Wildman–Crippen MR) is 131 cm³/mol. The average molecular weight is 466 g/mol. The van der Waals surface area contributed by atoms with E-state index in [0.717, 1.165) is 23.5 Å². The van der Waals surface area contributed by atoms with Crippen molar-refractivity contribution in [3.05, 3.63) is 71.7 Å². The van der Waals surface area contributed by atoms with E-state index >= 15 is 0 Å². The quantitative estimate of drug-likeness (QED) is 0.313. The molecule has 0 aliphatic rings. The number of rotatable bonds is 12. The SMILES string of the molecule is C#CCOC[C@@H](O)CN(Cc1c(C)nn(-c2ccccc2)c1Oc1cccc(F)c1)CC(C)C. The molecule has 1 heterocycles. The molecule has 3 aromatic rings. The molecule has 3 rings (SSSR count). The molecule has 0 saturated carbocycles. The Kier molecular flexibility index (Phi) is 9.23. The first kappa shape index (κ1) is 25.4. The van der Waals surface area contributed by atoms with Crippen LogP contribution in [-0.2, 0) is 11.3 Å². The van der Waals surface area contributed by atoms with Crippen LogP contribution in [0.4, 0.5) is 4.39 Å². The van der Waals surface area contributed by atoms with Gasteiger partial charge >= 0.3 is 0 Å². The van der Waals surface area contributed by atoms with Crippen molar-refractivity contribution >= 4 is 0 Å². The molecule has 1 aromatic heterocycles. The fraction of sp³-hybridized carbons (Fsp3) is 0.370. The maximum Gasteiger partial charge on any atom is 0.227 e. The van der Waals surface area contributed by atoms with Crippen molar-refractivity contribution in [2.24, 2.45) is 5.92 Å². The van der Waals surface area contributed by atoms with Crippen molar-refractivity contribution in [2.45, 2.75) is 33.4 Å². The van der Waals surface area contributed by atoms with Crippen LogP contribution in [0.1, 0.15) is 25.1 Å². The first-order chi connectivity index (χ1) is 16.4. The molecule has 1 atom stereocenters. The summed E-state index contributed by atoms with van der Waals surface area (Å²) in [7, 11) is 0. The molecule has 0 radical (unpaired) electrons. The molecule has 180 valence electrons. The van der Waals surface area contributed by atoms with E-state index in [1.54, 1.807) is 16.8 Å². The summed E-state index contributed by atoms with van der Waals surface area (Å²) in [5, 5.41) is 15.2. The van der Waals surface area contributed by atoms with Crippen molar-refractivity contribution in [2.75, 3.05) is 26.3 Å². The Morgan fingerprint density at radius 1 is 1.15 bits per heavy atom. The number of aliphatic hydroxyl groups is 1. The maximum atomic E-state index is 13.9. The summed E-state index contributed by atoms with van der Waals surface area (Å²) in [6, 6.07) is 15.7. The van der Waals surface area contributed by atoms with Gasteiger partial charge in [-0.3, -0.25) is 4.90 Å². The Morgan fingerprint density at radius 3 is 2.59 bits per heavy atom. The van der Waals surface area contributed by atoms with E-state index in [2.05, 4.69) is 24.7 Å². The van der Waals surface area contributed by atoms with Crippen LogP contribution >= 0.6 is 0 Å². The molecule has 2 aromatic carbocycles. The van der Waals surface area contributed by atoms with Crippen molar-refractivity contribution in [1.82, 2.24) is 14.7 Å². The van der Waals surface area contributed by atoms with Crippen LogP contribution in [0, 0.1) is 31.0 Å². The second-order valence-corrected chi connectivity index (χ2v) is 8.64. The van der Waals surface area contributed by atoms with Crippen LogP contribution in [0.3, 0.4) is 0 Å². The lowest BCUT2D eigenvalue weighted by Crippen LogP contribution is -2.37. The van der Waals surface area contributed by atoms with Gasteiger partial charge in [-0.25, -0.2) is 9.07 Å². The minimum absolute atomic E-state index is 0.160. The Hall–Kier alpha value is -3.18. The predicted octanol–water partition coefficient (Wildman–Crippen LogP) is 4.58. The molecule has 0 fully saturated rings.